The van der Waals surface area contributed by atoms with Crippen LogP contribution in [0.2, 0.25) is 18.1 Å². The van der Waals surface area contributed by atoms with Gasteiger partial charge in [0.05, 0.1) is 31.8 Å². The van der Waals surface area contributed by atoms with Gasteiger partial charge in [-0.3, -0.25) is 27.9 Å². The molecule has 9 atom stereocenters. The van der Waals surface area contributed by atoms with Crippen LogP contribution in [0.15, 0.2) is 23.6 Å². The van der Waals surface area contributed by atoms with Gasteiger partial charge < -0.3 is 29.6 Å². The van der Waals surface area contributed by atoms with Gasteiger partial charge in [0.15, 0.2) is 25.7 Å². The third-order valence-electron chi connectivity index (χ3n) is 9.43. The molecule has 1 aliphatic carbocycles. The molecule has 50 heavy (non-hydrogen) atoms. The zero-order valence-electron chi connectivity index (χ0n) is 27.8. The van der Waals surface area contributed by atoms with Gasteiger partial charge in [-0.1, -0.05) is 33.0 Å². The zero-order valence-corrected chi connectivity index (χ0v) is 32.3. The highest BCUT2D eigenvalue weighted by atomic mass is 32.7. The highest BCUT2D eigenvalue weighted by molar-refractivity contribution is 8.44. The van der Waals surface area contributed by atoms with E-state index < -0.39 is 64.0 Å². The van der Waals surface area contributed by atoms with Gasteiger partial charge in [0, 0.05) is 12.0 Å². The van der Waals surface area contributed by atoms with Crippen LogP contribution in [0.4, 0.5) is 11.8 Å². The lowest BCUT2D eigenvalue weighted by Gasteiger charge is -2.40. The van der Waals surface area contributed by atoms with E-state index in [1.807, 2.05) is 19.2 Å². The number of aromatic amines is 1. The molecule has 18 nitrogen and oxygen atoms in total. The molecule has 1 saturated carbocycles. The molecule has 23 heteroatoms. The van der Waals surface area contributed by atoms with Crippen molar-refractivity contribution >= 4 is 68.8 Å². The number of nitrogen functional groups attached to an aromatic ring is 1. The lowest BCUT2D eigenvalue weighted by molar-refractivity contribution is -0.0492. The number of nitrogens with two attached hydrogens (primary N) is 1. The van der Waals surface area contributed by atoms with Crippen molar-refractivity contribution in [3.05, 3.63) is 34.8 Å². The fourth-order valence-electron chi connectivity index (χ4n) is 5.94. The second kappa shape index (κ2) is 13.9. The molecular formula is C27H39N9O9P2S2Si. The van der Waals surface area contributed by atoms with Gasteiger partial charge >= 0.3 is 13.5 Å². The Balaban J connectivity index is 1.35. The summed E-state index contributed by atoms with van der Waals surface area (Å²) in [6.45, 7) is 1.64. The van der Waals surface area contributed by atoms with Crippen LogP contribution in [-0.2, 0) is 43.6 Å². The average molecular weight is 788 g/mol. The summed E-state index contributed by atoms with van der Waals surface area (Å²) in [7, 11) is -2.60. The number of thiol groups is 1. The molecule has 5 heterocycles. The lowest BCUT2D eigenvalue weighted by atomic mass is 10.1. The molecule has 2 unspecified atom stereocenters. The number of aromatic nitrogens is 6. The zero-order chi connectivity index (χ0) is 36.2. The molecule has 272 valence electrons. The number of hydrogen-bond donors (Lipinski definition) is 5. The first-order valence-electron chi connectivity index (χ1n) is 15.7. The molecule has 5 N–H and O–H groups in total. The molecule has 3 aromatic heterocycles. The molecule has 6 rings (SSSR count). The summed E-state index contributed by atoms with van der Waals surface area (Å²) in [5, 5.41) is 12.4. The van der Waals surface area contributed by atoms with Gasteiger partial charge in [-0.25, -0.2) is 19.5 Å². The largest absolute Gasteiger partial charge is 0.408 e. The molecule has 2 bridgehead atoms. The van der Waals surface area contributed by atoms with Crippen LogP contribution in [0.5, 0.6) is 0 Å². The Labute approximate surface area is 298 Å². The van der Waals surface area contributed by atoms with Crippen LogP contribution in [-0.4, -0.2) is 86.4 Å². The molecule has 3 aliphatic rings. The van der Waals surface area contributed by atoms with Crippen molar-refractivity contribution < 1.29 is 36.7 Å². The van der Waals surface area contributed by atoms with Crippen molar-refractivity contribution in [2.45, 2.75) is 88.4 Å². The first-order chi connectivity index (χ1) is 23.4. The molecule has 2 aliphatic heterocycles. The molecule has 3 fully saturated rings. The minimum atomic E-state index is -4.07. The molecule has 2 saturated heterocycles. The van der Waals surface area contributed by atoms with Crippen molar-refractivity contribution in [2.24, 2.45) is 5.92 Å². The monoisotopic (exact) mass is 787 g/mol. The summed E-state index contributed by atoms with van der Waals surface area (Å²) in [6.07, 6.45) is -0.129. The Morgan fingerprint density at radius 3 is 2.72 bits per heavy atom. The van der Waals surface area contributed by atoms with Crippen LogP contribution in [0, 0.1) is 17.2 Å². The molecule has 0 amide bonds. The van der Waals surface area contributed by atoms with Gasteiger partial charge in [0.25, 0.3) is 5.56 Å². The van der Waals surface area contributed by atoms with Crippen molar-refractivity contribution in [1.82, 2.24) is 29.5 Å². The SMILES string of the molecule is CC(C)(C)[Si](C)(C)O[C@H]1[C@H]2OP(O)(=S)OC[C@H]3C[C@@H](Nc4ncncc4C#N)C[C@@H]3OP(=O)(S)OC[C@H]1O[C@H]2n1cnc2c(=O)[nH]c(N)nc21. The van der Waals surface area contributed by atoms with E-state index in [1.54, 1.807) is 0 Å². The average Bonchev–Trinajstić information content (AvgIpc) is 3.69. The molecule has 0 radical (unpaired) electrons. The number of H-pyrrole nitrogens is 1. The maximum absolute atomic E-state index is 13.8. The van der Waals surface area contributed by atoms with E-state index in [1.165, 1.54) is 23.4 Å². The first-order valence-corrected chi connectivity index (χ1v) is 23.9. The second-order valence-electron chi connectivity index (χ2n) is 13.9. The molecular weight excluding hydrogens is 749 g/mol. The van der Waals surface area contributed by atoms with Crippen molar-refractivity contribution in [1.29, 1.82) is 5.26 Å². The third-order valence-corrected chi connectivity index (χ3v) is 17.1. The van der Waals surface area contributed by atoms with Gasteiger partial charge in [-0.05, 0) is 42.8 Å². The van der Waals surface area contributed by atoms with E-state index in [-0.39, 0.29) is 47.0 Å². The summed E-state index contributed by atoms with van der Waals surface area (Å²) in [5.74, 6) is -0.272. The number of hydrogen-bond acceptors (Lipinski definition) is 16. The second-order valence-corrected chi connectivity index (χ2v) is 24.3. The summed E-state index contributed by atoms with van der Waals surface area (Å²) < 4.78 is 52.7. The van der Waals surface area contributed by atoms with Gasteiger partial charge in [0.2, 0.25) is 5.95 Å². The Hall–Kier alpha value is -2.31. The number of nitrogens with zero attached hydrogens (tertiary/aromatic N) is 6. The fraction of sp³-hybridized carbons (Fsp3) is 0.630. The number of imidazole rings is 1. The summed E-state index contributed by atoms with van der Waals surface area (Å²) in [5.41, 5.74) is 5.64. The van der Waals surface area contributed by atoms with Crippen LogP contribution in [0.3, 0.4) is 0 Å². The van der Waals surface area contributed by atoms with E-state index in [4.69, 9.17) is 44.8 Å². The minimum Gasteiger partial charge on any atom is -0.408 e. The number of ether oxygens (including phenoxy) is 1. The number of nitrogens with one attached hydrogen (secondary N) is 2. The van der Waals surface area contributed by atoms with E-state index in [9.17, 15) is 19.5 Å². The topological polar surface area (TPSA) is 244 Å². The van der Waals surface area contributed by atoms with Crippen LogP contribution < -0.4 is 16.6 Å². The quantitative estimate of drug-likeness (QED) is 0.141. The molecule has 0 spiro atoms. The first kappa shape index (κ1) is 37.4. The standard InChI is InChI=1S/C27H39N9O9P2S2Si/c1-27(2,3)50(4,5)45-20-18-11-41-46(38,48)43-17-7-16(33-22-15(8-28)9-30-12-31-22)6-14(17)10-40-47(39,49)44-21(20)25(42-18)36-13-32-19-23(36)34-26(29)35-24(19)37/h9,12-14,16-18,20-21,25H,6-7,10-11H2,1-5H3,(H,38,48)(H,39,49)(H,30,31,33)(H3,29,34,35,37)/t14-,16-,17+,18-,20-,21-,25-,46?,47?/m1/s1. The van der Waals surface area contributed by atoms with Crippen molar-refractivity contribution in [2.75, 3.05) is 24.3 Å². The molecule has 0 aromatic carbocycles. The van der Waals surface area contributed by atoms with Crippen molar-refractivity contribution in [3.63, 3.8) is 0 Å². The van der Waals surface area contributed by atoms with E-state index >= 15 is 0 Å². The smallest absolute Gasteiger partial charge is 0.386 e. The maximum atomic E-state index is 13.8. The lowest BCUT2D eigenvalue weighted by Crippen LogP contribution is -2.50. The van der Waals surface area contributed by atoms with E-state index in [0.29, 0.717) is 18.7 Å². The highest BCUT2D eigenvalue weighted by Gasteiger charge is 2.54. The number of nitriles is 1. The van der Waals surface area contributed by atoms with Gasteiger partial charge in [0.1, 0.15) is 42.1 Å². The molecule has 3 aromatic rings. The maximum Gasteiger partial charge on any atom is 0.386 e. The predicted octanol–water partition coefficient (Wildman–Crippen LogP) is 3.61. The number of rotatable bonds is 5. The Morgan fingerprint density at radius 2 is 2.00 bits per heavy atom. The normalized spacial score (nSPS) is 33.9. The van der Waals surface area contributed by atoms with Gasteiger partial charge in [-0.2, -0.15) is 10.2 Å². The third kappa shape index (κ3) is 7.87. The van der Waals surface area contributed by atoms with Crippen LogP contribution >= 0.6 is 25.8 Å². The van der Waals surface area contributed by atoms with E-state index in [0.717, 1.165) is 0 Å². The Bertz CT molecular complexity index is 1960. The number of anilines is 2. The van der Waals surface area contributed by atoms with Gasteiger partial charge in [-0.15, -0.1) is 0 Å². The Morgan fingerprint density at radius 1 is 1.24 bits per heavy atom. The minimum absolute atomic E-state index is 0.00949. The van der Waals surface area contributed by atoms with Crippen molar-refractivity contribution in [3.8, 4) is 6.07 Å². The number of fused-ring (bicyclic) bond motifs is 4. The van der Waals surface area contributed by atoms with Crippen LogP contribution in [0.25, 0.3) is 11.2 Å². The summed E-state index contributed by atoms with van der Waals surface area (Å²) in [6, 6.07) is 1.76. The summed E-state index contributed by atoms with van der Waals surface area (Å²) >= 11 is 9.89. The highest BCUT2D eigenvalue weighted by Crippen LogP contribution is 2.59. The van der Waals surface area contributed by atoms with Crippen LogP contribution in [0.1, 0.15) is 45.4 Å². The predicted molar refractivity (Wildman–Crippen MR) is 190 cm³/mol. The fourth-order valence-corrected chi connectivity index (χ4v) is 10.3. The summed E-state index contributed by atoms with van der Waals surface area (Å²) in [4.78, 5) is 43.2. The van der Waals surface area contributed by atoms with E-state index in [2.05, 4.69) is 63.3 Å². The Kier molecular flexibility index (Phi) is 10.4.